The van der Waals surface area contributed by atoms with Crippen LogP contribution in [0.3, 0.4) is 0 Å². The van der Waals surface area contributed by atoms with Crippen LogP contribution in [0.1, 0.15) is 47.5 Å². The summed E-state index contributed by atoms with van der Waals surface area (Å²) in [7, 11) is 0. The van der Waals surface area contributed by atoms with Crippen LogP contribution in [0.5, 0.6) is 0 Å². The molecule has 1 N–H and O–H groups in total. The Labute approximate surface area is 122 Å². The third-order valence-electron chi connectivity index (χ3n) is 2.90. The van der Waals surface area contributed by atoms with Crippen molar-refractivity contribution in [2.24, 2.45) is 11.8 Å². The zero-order valence-electron chi connectivity index (χ0n) is 13.4. The van der Waals surface area contributed by atoms with E-state index >= 15 is 0 Å². The van der Waals surface area contributed by atoms with E-state index in [1.54, 1.807) is 11.8 Å². The summed E-state index contributed by atoms with van der Waals surface area (Å²) < 4.78 is 5.55. The molecule has 5 nitrogen and oxygen atoms in total. The number of amides is 1. The molecule has 5 heteroatoms. The monoisotopic (exact) mass is 287 g/mol. The first-order valence-corrected chi connectivity index (χ1v) is 7.36. The van der Waals surface area contributed by atoms with Crippen LogP contribution in [0.15, 0.2) is 0 Å². The number of carboxylic acids is 1. The van der Waals surface area contributed by atoms with Gasteiger partial charge in [-0.3, -0.25) is 9.59 Å². The summed E-state index contributed by atoms with van der Waals surface area (Å²) in [4.78, 5) is 24.5. The van der Waals surface area contributed by atoms with Gasteiger partial charge in [-0.05, 0) is 25.2 Å². The molecule has 0 rings (SSSR count). The Morgan fingerprint density at radius 1 is 1.10 bits per heavy atom. The SMILES string of the molecule is CC(C)CCOC(C)C(=O)N(CCC(=O)O)CC(C)C. The number of carbonyl (C=O) groups excluding carboxylic acids is 1. The van der Waals surface area contributed by atoms with Gasteiger partial charge in [-0.1, -0.05) is 27.7 Å². The van der Waals surface area contributed by atoms with E-state index in [1.165, 1.54) is 0 Å². The molecule has 0 saturated heterocycles. The number of carbonyl (C=O) groups is 2. The molecule has 0 radical (unpaired) electrons. The fourth-order valence-electron chi connectivity index (χ4n) is 1.77. The number of carboxylic acid groups (broad SMARTS) is 1. The molecular formula is C15H29NO4. The first-order chi connectivity index (χ1) is 9.23. The molecule has 0 fully saturated rings. The largest absolute Gasteiger partial charge is 0.481 e. The Balaban J connectivity index is 4.39. The Bertz CT molecular complexity index is 302. The number of nitrogens with zero attached hydrogens (tertiary/aromatic N) is 1. The van der Waals surface area contributed by atoms with Crippen molar-refractivity contribution >= 4 is 11.9 Å². The molecule has 0 aromatic carbocycles. The van der Waals surface area contributed by atoms with Crippen molar-refractivity contribution in [3.63, 3.8) is 0 Å². The molecule has 0 aliphatic heterocycles. The van der Waals surface area contributed by atoms with Gasteiger partial charge in [0.25, 0.3) is 5.91 Å². The Morgan fingerprint density at radius 3 is 2.15 bits per heavy atom. The van der Waals surface area contributed by atoms with Gasteiger partial charge in [0.1, 0.15) is 6.10 Å². The highest BCUT2D eigenvalue weighted by Crippen LogP contribution is 2.07. The van der Waals surface area contributed by atoms with E-state index in [2.05, 4.69) is 13.8 Å². The Kier molecular flexibility index (Phi) is 9.21. The van der Waals surface area contributed by atoms with Gasteiger partial charge < -0.3 is 14.7 Å². The van der Waals surface area contributed by atoms with Crippen LogP contribution in [0.2, 0.25) is 0 Å². The smallest absolute Gasteiger partial charge is 0.305 e. The molecular weight excluding hydrogens is 258 g/mol. The fraction of sp³-hybridized carbons (Fsp3) is 0.867. The first kappa shape index (κ1) is 18.9. The molecule has 0 bridgehead atoms. The lowest BCUT2D eigenvalue weighted by molar-refractivity contribution is -0.145. The maximum atomic E-state index is 12.3. The van der Waals surface area contributed by atoms with E-state index in [1.807, 2.05) is 13.8 Å². The minimum Gasteiger partial charge on any atom is -0.481 e. The maximum Gasteiger partial charge on any atom is 0.305 e. The number of rotatable bonds is 10. The Morgan fingerprint density at radius 2 is 1.70 bits per heavy atom. The van der Waals surface area contributed by atoms with Gasteiger partial charge in [-0.2, -0.15) is 0 Å². The molecule has 118 valence electrons. The van der Waals surface area contributed by atoms with Crippen LogP contribution in [-0.2, 0) is 14.3 Å². The third-order valence-corrected chi connectivity index (χ3v) is 2.90. The van der Waals surface area contributed by atoms with Gasteiger partial charge >= 0.3 is 5.97 Å². The molecule has 1 unspecified atom stereocenters. The van der Waals surface area contributed by atoms with E-state index in [9.17, 15) is 9.59 Å². The van der Waals surface area contributed by atoms with Gasteiger partial charge in [0.2, 0.25) is 0 Å². The third kappa shape index (κ3) is 8.91. The van der Waals surface area contributed by atoms with Gasteiger partial charge in [-0.25, -0.2) is 0 Å². The second-order valence-electron chi connectivity index (χ2n) is 6.02. The van der Waals surface area contributed by atoms with E-state index in [0.717, 1.165) is 6.42 Å². The summed E-state index contributed by atoms with van der Waals surface area (Å²) in [5.74, 6) is -0.171. The standard InChI is InChI=1S/C15H29NO4/c1-11(2)7-9-20-13(5)15(19)16(10-12(3)4)8-6-14(17)18/h11-13H,6-10H2,1-5H3,(H,17,18). The van der Waals surface area contributed by atoms with Crippen molar-refractivity contribution in [2.75, 3.05) is 19.7 Å². The van der Waals surface area contributed by atoms with Crippen LogP contribution in [0.4, 0.5) is 0 Å². The predicted octanol–water partition coefficient (Wildman–Crippen LogP) is 2.40. The summed E-state index contributed by atoms with van der Waals surface area (Å²) in [6.07, 6.45) is 0.370. The highest BCUT2D eigenvalue weighted by atomic mass is 16.5. The lowest BCUT2D eigenvalue weighted by Crippen LogP contribution is -2.42. The maximum absolute atomic E-state index is 12.3. The number of ether oxygens (including phenoxy) is 1. The van der Waals surface area contributed by atoms with Gasteiger partial charge in [0, 0.05) is 19.7 Å². The zero-order valence-corrected chi connectivity index (χ0v) is 13.4. The molecule has 0 aliphatic rings. The Hall–Kier alpha value is -1.10. The summed E-state index contributed by atoms with van der Waals surface area (Å²) in [5, 5.41) is 8.75. The minimum absolute atomic E-state index is 0.0306. The van der Waals surface area contributed by atoms with Crippen LogP contribution in [-0.4, -0.2) is 47.7 Å². The summed E-state index contributed by atoms with van der Waals surface area (Å²) in [6.45, 7) is 11.3. The molecule has 0 spiro atoms. The van der Waals surface area contributed by atoms with Crippen LogP contribution < -0.4 is 0 Å². The summed E-state index contributed by atoms with van der Waals surface area (Å²) in [6, 6.07) is 0. The molecule has 1 amide bonds. The van der Waals surface area contributed by atoms with Gasteiger partial charge in [0.15, 0.2) is 0 Å². The van der Waals surface area contributed by atoms with Crippen molar-refractivity contribution in [3.8, 4) is 0 Å². The molecule has 0 aromatic heterocycles. The van der Waals surface area contributed by atoms with Crippen molar-refractivity contribution in [1.29, 1.82) is 0 Å². The van der Waals surface area contributed by atoms with Crippen molar-refractivity contribution in [1.82, 2.24) is 4.90 Å². The molecule has 0 heterocycles. The molecule has 0 aromatic rings. The first-order valence-electron chi connectivity index (χ1n) is 7.36. The summed E-state index contributed by atoms with van der Waals surface area (Å²) >= 11 is 0. The number of hydrogen-bond acceptors (Lipinski definition) is 3. The van der Waals surface area contributed by atoms with E-state index in [4.69, 9.17) is 9.84 Å². The topological polar surface area (TPSA) is 66.8 Å². The van der Waals surface area contributed by atoms with Crippen LogP contribution in [0.25, 0.3) is 0 Å². The lowest BCUT2D eigenvalue weighted by Gasteiger charge is -2.27. The number of hydrogen-bond donors (Lipinski definition) is 1. The molecule has 1 atom stereocenters. The van der Waals surface area contributed by atoms with E-state index in [0.29, 0.717) is 25.0 Å². The van der Waals surface area contributed by atoms with Gasteiger partial charge in [-0.15, -0.1) is 0 Å². The molecule has 20 heavy (non-hydrogen) atoms. The second kappa shape index (κ2) is 9.75. The van der Waals surface area contributed by atoms with Crippen molar-refractivity contribution in [3.05, 3.63) is 0 Å². The van der Waals surface area contributed by atoms with E-state index in [-0.39, 0.29) is 18.9 Å². The molecule has 0 saturated carbocycles. The molecule has 0 aliphatic carbocycles. The fourth-order valence-corrected chi connectivity index (χ4v) is 1.77. The second-order valence-corrected chi connectivity index (χ2v) is 6.02. The average molecular weight is 287 g/mol. The quantitative estimate of drug-likeness (QED) is 0.670. The normalized spacial score (nSPS) is 12.8. The zero-order chi connectivity index (χ0) is 15.7. The van der Waals surface area contributed by atoms with Crippen LogP contribution >= 0.6 is 0 Å². The predicted molar refractivity (Wildman–Crippen MR) is 78.5 cm³/mol. The van der Waals surface area contributed by atoms with Gasteiger partial charge in [0.05, 0.1) is 6.42 Å². The van der Waals surface area contributed by atoms with Crippen molar-refractivity contribution < 1.29 is 19.4 Å². The minimum atomic E-state index is -0.889. The average Bonchev–Trinajstić information content (AvgIpc) is 2.32. The summed E-state index contributed by atoms with van der Waals surface area (Å²) in [5.41, 5.74) is 0. The van der Waals surface area contributed by atoms with E-state index < -0.39 is 12.1 Å². The highest BCUT2D eigenvalue weighted by molar-refractivity contribution is 5.81. The number of aliphatic carboxylic acids is 1. The van der Waals surface area contributed by atoms with Crippen LogP contribution in [0, 0.1) is 11.8 Å². The van der Waals surface area contributed by atoms with Crippen molar-refractivity contribution in [2.45, 2.75) is 53.6 Å². The highest BCUT2D eigenvalue weighted by Gasteiger charge is 2.22. The lowest BCUT2D eigenvalue weighted by atomic mass is 10.1.